The van der Waals surface area contributed by atoms with Gasteiger partial charge in [-0.3, -0.25) is 9.59 Å². The molecule has 0 N–H and O–H groups in total. The van der Waals surface area contributed by atoms with Crippen LogP contribution in [0.4, 0.5) is 0 Å². The van der Waals surface area contributed by atoms with Crippen LogP contribution in [0.2, 0.25) is 0 Å². The standard InChI is InChI=1S/C20H18O2/c21-19-13-7-12-17(19)18(15-8-3-1-4-9-15)14-20(22)16-10-5-2-6-11-16/h1-6,8-12,18H,7,13-14H2. The number of ketones is 2. The highest BCUT2D eigenvalue weighted by Gasteiger charge is 2.27. The molecule has 2 nitrogen and oxygen atoms in total. The third-order valence-electron chi connectivity index (χ3n) is 4.12. The first kappa shape index (κ1) is 14.5. The van der Waals surface area contributed by atoms with Gasteiger partial charge in [-0.15, -0.1) is 0 Å². The van der Waals surface area contributed by atoms with Gasteiger partial charge in [-0.05, 0) is 17.6 Å². The van der Waals surface area contributed by atoms with E-state index in [2.05, 4.69) is 0 Å². The smallest absolute Gasteiger partial charge is 0.163 e. The second-order valence-electron chi connectivity index (χ2n) is 5.58. The maximum Gasteiger partial charge on any atom is 0.163 e. The fourth-order valence-electron chi connectivity index (χ4n) is 2.97. The molecule has 0 aliphatic heterocycles. The highest BCUT2D eigenvalue weighted by molar-refractivity contribution is 6.02. The second kappa shape index (κ2) is 6.52. The first-order valence-corrected chi connectivity index (χ1v) is 7.62. The van der Waals surface area contributed by atoms with Crippen LogP contribution in [0.15, 0.2) is 72.3 Å². The van der Waals surface area contributed by atoms with E-state index in [-0.39, 0.29) is 17.5 Å². The molecule has 1 aliphatic carbocycles. The van der Waals surface area contributed by atoms with Crippen LogP contribution < -0.4 is 0 Å². The van der Waals surface area contributed by atoms with Crippen molar-refractivity contribution < 1.29 is 9.59 Å². The van der Waals surface area contributed by atoms with Crippen molar-refractivity contribution in [3.63, 3.8) is 0 Å². The number of Topliss-reactive ketones (excluding diaryl/α,β-unsaturated/α-hetero) is 2. The van der Waals surface area contributed by atoms with Crippen LogP contribution in [0.5, 0.6) is 0 Å². The molecule has 1 aliphatic rings. The van der Waals surface area contributed by atoms with Crippen LogP contribution in [0, 0.1) is 0 Å². The van der Waals surface area contributed by atoms with Crippen LogP contribution in [-0.4, -0.2) is 11.6 Å². The van der Waals surface area contributed by atoms with Crippen molar-refractivity contribution in [3.05, 3.63) is 83.4 Å². The van der Waals surface area contributed by atoms with E-state index in [9.17, 15) is 9.59 Å². The molecule has 0 amide bonds. The molecule has 0 aromatic heterocycles. The van der Waals surface area contributed by atoms with Crippen LogP contribution in [-0.2, 0) is 4.79 Å². The Bertz CT molecular complexity index is 699. The lowest BCUT2D eigenvalue weighted by Gasteiger charge is -2.17. The van der Waals surface area contributed by atoms with Crippen molar-refractivity contribution >= 4 is 11.6 Å². The van der Waals surface area contributed by atoms with Crippen LogP contribution in [0.3, 0.4) is 0 Å². The van der Waals surface area contributed by atoms with Crippen molar-refractivity contribution in [2.75, 3.05) is 0 Å². The minimum Gasteiger partial charge on any atom is -0.295 e. The highest BCUT2D eigenvalue weighted by Crippen LogP contribution is 2.34. The zero-order chi connectivity index (χ0) is 15.4. The Morgan fingerprint density at radius 1 is 0.955 bits per heavy atom. The molecular formula is C20H18O2. The predicted octanol–water partition coefficient (Wildman–Crippen LogP) is 4.33. The summed E-state index contributed by atoms with van der Waals surface area (Å²) in [4.78, 5) is 24.7. The lowest BCUT2D eigenvalue weighted by atomic mass is 9.84. The van der Waals surface area contributed by atoms with E-state index >= 15 is 0 Å². The second-order valence-corrected chi connectivity index (χ2v) is 5.58. The zero-order valence-electron chi connectivity index (χ0n) is 12.4. The summed E-state index contributed by atoms with van der Waals surface area (Å²) in [5.74, 6) is 0.119. The van der Waals surface area contributed by atoms with E-state index in [0.717, 1.165) is 17.6 Å². The van der Waals surface area contributed by atoms with E-state index in [1.165, 1.54) is 0 Å². The van der Waals surface area contributed by atoms with E-state index in [1.54, 1.807) is 0 Å². The number of allylic oxidation sites excluding steroid dienone is 2. The maximum atomic E-state index is 12.6. The van der Waals surface area contributed by atoms with E-state index in [1.807, 2.05) is 66.7 Å². The molecule has 2 heteroatoms. The monoisotopic (exact) mass is 290 g/mol. The average Bonchev–Trinajstić information content (AvgIpc) is 3.00. The quantitative estimate of drug-likeness (QED) is 0.768. The number of hydrogen-bond acceptors (Lipinski definition) is 2. The van der Waals surface area contributed by atoms with Crippen LogP contribution in [0.25, 0.3) is 0 Å². The SMILES string of the molecule is O=C1CCC=C1C(CC(=O)c1ccccc1)c1ccccc1. The van der Waals surface area contributed by atoms with Gasteiger partial charge in [0.25, 0.3) is 0 Å². The molecule has 1 atom stereocenters. The Morgan fingerprint density at radius 3 is 2.18 bits per heavy atom. The van der Waals surface area contributed by atoms with Crippen molar-refractivity contribution in [2.45, 2.75) is 25.2 Å². The minimum absolute atomic E-state index is 0.0788. The lowest BCUT2D eigenvalue weighted by molar-refractivity contribution is -0.115. The number of carbonyl (C=O) groups excluding carboxylic acids is 2. The fourth-order valence-corrected chi connectivity index (χ4v) is 2.97. The van der Waals surface area contributed by atoms with Gasteiger partial charge in [0.15, 0.2) is 11.6 Å². The molecule has 3 rings (SSSR count). The summed E-state index contributed by atoms with van der Waals surface area (Å²) in [6, 6.07) is 19.1. The van der Waals surface area contributed by atoms with Gasteiger partial charge in [0.05, 0.1) is 0 Å². The predicted molar refractivity (Wildman–Crippen MR) is 86.9 cm³/mol. The van der Waals surface area contributed by atoms with Gasteiger partial charge in [0.2, 0.25) is 0 Å². The Morgan fingerprint density at radius 2 is 1.59 bits per heavy atom. The molecule has 0 fully saturated rings. The van der Waals surface area contributed by atoms with Crippen molar-refractivity contribution in [1.29, 1.82) is 0 Å². The molecular weight excluding hydrogens is 272 g/mol. The third-order valence-corrected chi connectivity index (χ3v) is 4.12. The summed E-state index contributed by atoms with van der Waals surface area (Å²) in [6.07, 6.45) is 3.69. The summed E-state index contributed by atoms with van der Waals surface area (Å²) < 4.78 is 0. The molecule has 22 heavy (non-hydrogen) atoms. The first-order chi connectivity index (χ1) is 10.8. The molecule has 110 valence electrons. The number of rotatable bonds is 5. The lowest BCUT2D eigenvalue weighted by Crippen LogP contribution is -2.13. The van der Waals surface area contributed by atoms with Crippen molar-refractivity contribution in [3.8, 4) is 0 Å². The average molecular weight is 290 g/mol. The molecule has 2 aromatic carbocycles. The van der Waals surface area contributed by atoms with E-state index < -0.39 is 0 Å². The summed E-state index contributed by atoms with van der Waals surface area (Å²) in [7, 11) is 0. The number of carbonyl (C=O) groups is 2. The first-order valence-electron chi connectivity index (χ1n) is 7.62. The Labute approximate surface area is 130 Å². The van der Waals surface area contributed by atoms with Crippen molar-refractivity contribution in [2.24, 2.45) is 0 Å². The summed E-state index contributed by atoms with van der Waals surface area (Å²) in [5.41, 5.74) is 2.54. The number of hydrogen-bond donors (Lipinski definition) is 0. The highest BCUT2D eigenvalue weighted by atomic mass is 16.1. The Balaban J connectivity index is 1.90. The molecule has 0 bridgehead atoms. The largest absolute Gasteiger partial charge is 0.295 e. The Hall–Kier alpha value is -2.48. The van der Waals surface area contributed by atoms with Crippen LogP contribution >= 0.6 is 0 Å². The van der Waals surface area contributed by atoms with E-state index in [4.69, 9.17) is 0 Å². The van der Waals surface area contributed by atoms with E-state index in [0.29, 0.717) is 18.4 Å². The normalized spacial score (nSPS) is 15.5. The van der Waals surface area contributed by atoms with Crippen molar-refractivity contribution in [1.82, 2.24) is 0 Å². The maximum absolute atomic E-state index is 12.6. The van der Waals surface area contributed by atoms with Gasteiger partial charge in [-0.25, -0.2) is 0 Å². The van der Waals surface area contributed by atoms with Crippen LogP contribution in [0.1, 0.15) is 41.1 Å². The third kappa shape index (κ3) is 3.06. The summed E-state index contributed by atoms with van der Waals surface area (Å²) in [6.45, 7) is 0. The molecule has 0 heterocycles. The van der Waals surface area contributed by atoms with Gasteiger partial charge in [0.1, 0.15) is 0 Å². The molecule has 1 unspecified atom stereocenters. The Kier molecular flexibility index (Phi) is 4.29. The summed E-state index contributed by atoms with van der Waals surface area (Å²) >= 11 is 0. The molecule has 2 aromatic rings. The number of benzene rings is 2. The molecule has 0 spiro atoms. The minimum atomic E-state index is -0.135. The molecule has 0 radical (unpaired) electrons. The fraction of sp³-hybridized carbons (Fsp3) is 0.200. The molecule has 0 saturated heterocycles. The van der Waals surface area contributed by atoms with Gasteiger partial charge in [-0.1, -0.05) is 66.7 Å². The van der Waals surface area contributed by atoms with Gasteiger partial charge in [0, 0.05) is 24.3 Å². The summed E-state index contributed by atoms with van der Waals surface area (Å²) in [5, 5.41) is 0. The van der Waals surface area contributed by atoms with Gasteiger partial charge < -0.3 is 0 Å². The molecule has 0 saturated carbocycles. The zero-order valence-corrected chi connectivity index (χ0v) is 12.4. The topological polar surface area (TPSA) is 34.1 Å². The van der Waals surface area contributed by atoms with Gasteiger partial charge in [-0.2, -0.15) is 0 Å². The van der Waals surface area contributed by atoms with Gasteiger partial charge >= 0.3 is 0 Å².